The number of aromatic nitrogens is 4. The maximum absolute atomic E-state index is 9.27. The first-order valence-electron chi connectivity index (χ1n) is 16.4. The number of fused-ring (bicyclic) bond motifs is 8. The molecule has 1 unspecified atom stereocenters. The molecule has 0 radical (unpaired) electrons. The van der Waals surface area contributed by atoms with Crippen LogP contribution >= 0.6 is 0 Å². The number of nitrogens with zero attached hydrogens (tertiary/aromatic N) is 4. The smallest absolute Gasteiger partial charge is 0.0725 e. The van der Waals surface area contributed by atoms with Gasteiger partial charge >= 0.3 is 0 Å². The number of aryl methyl sites for hydroxylation is 4. The normalized spacial score (nSPS) is 15.6. The highest BCUT2D eigenvalue weighted by Gasteiger charge is 2.32. The van der Waals surface area contributed by atoms with E-state index in [-0.39, 0.29) is 5.92 Å². The average molecular weight is 564 g/mol. The van der Waals surface area contributed by atoms with Crippen LogP contribution in [0.3, 0.4) is 0 Å². The average Bonchev–Trinajstić information content (AvgIpc) is 3.73. The Morgan fingerprint density at radius 2 is 1.26 bits per heavy atom. The van der Waals surface area contributed by atoms with Crippen molar-refractivity contribution in [2.24, 2.45) is 7.05 Å². The summed E-state index contributed by atoms with van der Waals surface area (Å²) in [6.07, 6.45) is 10.8. The SMILES string of the molecule is CCC1=C(CC)c2nc1c(CC)c1n(C)c(cc3nc(cc4c(CC)c(CC)c(c2CC)n4CC)C=C3)C(=N)C1CC. The van der Waals surface area contributed by atoms with E-state index in [0.717, 1.165) is 74.3 Å². The molecule has 5 rings (SSSR count). The molecular formula is C37H49N5. The van der Waals surface area contributed by atoms with E-state index in [9.17, 15) is 5.41 Å². The van der Waals surface area contributed by atoms with Crippen LogP contribution in [0.5, 0.6) is 0 Å². The summed E-state index contributed by atoms with van der Waals surface area (Å²) in [5, 5.41) is 9.27. The second-order valence-corrected chi connectivity index (χ2v) is 11.6. The van der Waals surface area contributed by atoms with Gasteiger partial charge in [0, 0.05) is 36.3 Å². The maximum atomic E-state index is 9.27. The molecule has 0 aromatic carbocycles. The summed E-state index contributed by atoms with van der Waals surface area (Å²) < 4.78 is 4.80. The summed E-state index contributed by atoms with van der Waals surface area (Å²) in [6.45, 7) is 19.1. The van der Waals surface area contributed by atoms with Crippen LogP contribution in [0.2, 0.25) is 0 Å². The van der Waals surface area contributed by atoms with E-state index in [2.05, 4.69) is 95.9 Å². The molecule has 42 heavy (non-hydrogen) atoms. The minimum Gasteiger partial charge on any atom is -0.346 e. The Morgan fingerprint density at radius 3 is 1.79 bits per heavy atom. The highest BCUT2D eigenvalue weighted by Crippen LogP contribution is 2.42. The quantitative estimate of drug-likeness (QED) is 0.297. The molecule has 0 amide bonds. The molecule has 5 nitrogen and oxygen atoms in total. The van der Waals surface area contributed by atoms with Crippen LogP contribution in [0.1, 0.15) is 137 Å². The van der Waals surface area contributed by atoms with Gasteiger partial charge in [-0.15, -0.1) is 0 Å². The molecule has 3 aliphatic rings. The molecule has 5 heterocycles. The Kier molecular flexibility index (Phi) is 8.59. The minimum atomic E-state index is 0.0516. The molecule has 0 saturated heterocycles. The van der Waals surface area contributed by atoms with Crippen LogP contribution in [0, 0.1) is 5.41 Å². The first-order chi connectivity index (χ1) is 20.3. The third kappa shape index (κ3) is 4.47. The van der Waals surface area contributed by atoms with E-state index in [1.165, 1.54) is 55.8 Å². The van der Waals surface area contributed by atoms with Crippen LogP contribution < -0.4 is 0 Å². The fourth-order valence-electron chi connectivity index (χ4n) is 7.75. The number of rotatable bonds is 8. The zero-order valence-electron chi connectivity index (χ0n) is 27.3. The number of hydrogen-bond acceptors (Lipinski definition) is 3. The van der Waals surface area contributed by atoms with Crippen LogP contribution in [0.15, 0.2) is 12.1 Å². The van der Waals surface area contributed by atoms with Gasteiger partial charge in [-0.3, -0.25) is 0 Å². The molecule has 0 aliphatic carbocycles. The summed E-state index contributed by atoms with van der Waals surface area (Å²) in [7, 11) is 2.13. The van der Waals surface area contributed by atoms with Gasteiger partial charge in [0.05, 0.1) is 39.7 Å². The third-order valence-corrected chi connectivity index (χ3v) is 9.62. The molecule has 1 N–H and O–H groups in total. The first kappa shape index (κ1) is 30.0. The lowest BCUT2D eigenvalue weighted by molar-refractivity contribution is 0.754. The second-order valence-electron chi connectivity index (χ2n) is 11.6. The number of allylic oxidation sites excluding steroid dienone is 2. The van der Waals surface area contributed by atoms with Gasteiger partial charge in [0.15, 0.2) is 0 Å². The summed E-state index contributed by atoms with van der Waals surface area (Å²) in [5.74, 6) is 0.0516. The molecule has 2 aromatic heterocycles. The van der Waals surface area contributed by atoms with Crippen molar-refractivity contribution in [2.75, 3.05) is 0 Å². The highest BCUT2D eigenvalue weighted by molar-refractivity contribution is 6.05. The fourth-order valence-corrected chi connectivity index (χ4v) is 7.75. The highest BCUT2D eigenvalue weighted by atomic mass is 15.0. The molecule has 3 aliphatic heterocycles. The van der Waals surface area contributed by atoms with Gasteiger partial charge in [0.2, 0.25) is 0 Å². The van der Waals surface area contributed by atoms with Crippen molar-refractivity contribution < 1.29 is 0 Å². The van der Waals surface area contributed by atoms with Crippen molar-refractivity contribution in [3.8, 4) is 0 Å². The fraction of sp³-hybridized carbons (Fsp3) is 0.486. The summed E-state index contributed by atoms with van der Waals surface area (Å²) in [5.41, 5.74) is 18.1. The Labute approximate surface area is 252 Å². The minimum absolute atomic E-state index is 0.0516. The van der Waals surface area contributed by atoms with E-state index < -0.39 is 0 Å². The van der Waals surface area contributed by atoms with E-state index >= 15 is 0 Å². The van der Waals surface area contributed by atoms with Crippen LogP contribution in [0.4, 0.5) is 0 Å². The van der Waals surface area contributed by atoms with Gasteiger partial charge in [-0.2, -0.15) is 0 Å². The monoisotopic (exact) mass is 563 g/mol. The Morgan fingerprint density at radius 1 is 0.690 bits per heavy atom. The lowest BCUT2D eigenvalue weighted by atomic mass is 9.90. The van der Waals surface area contributed by atoms with Gasteiger partial charge in [-0.05, 0) is 104 Å². The Bertz CT molecular complexity index is 1690. The van der Waals surface area contributed by atoms with Gasteiger partial charge in [0.1, 0.15) is 0 Å². The van der Waals surface area contributed by atoms with Crippen LogP contribution in [-0.2, 0) is 39.3 Å². The summed E-state index contributed by atoms with van der Waals surface area (Å²) in [6, 6.07) is 4.40. The molecule has 2 aromatic rings. The summed E-state index contributed by atoms with van der Waals surface area (Å²) >= 11 is 0. The second kappa shape index (κ2) is 12.0. The predicted octanol–water partition coefficient (Wildman–Crippen LogP) is 9.25. The molecule has 8 bridgehead atoms. The van der Waals surface area contributed by atoms with Crippen molar-refractivity contribution >= 4 is 40.0 Å². The van der Waals surface area contributed by atoms with Crippen molar-refractivity contribution in [3.05, 3.63) is 68.6 Å². The first-order valence-corrected chi connectivity index (χ1v) is 16.4. The molecular weight excluding hydrogens is 514 g/mol. The van der Waals surface area contributed by atoms with Crippen LogP contribution in [0.25, 0.3) is 34.3 Å². The summed E-state index contributed by atoms with van der Waals surface area (Å²) in [4.78, 5) is 10.7. The lowest BCUT2D eigenvalue weighted by Crippen LogP contribution is -2.08. The molecule has 5 heteroatoms. The van der Waals surface area contributed by atoms with Gasteiger partial charge in [0.25, 0.3) is 0 Å². The molecule has 222 valence electrons. The van der Waals surface area contributed by atoms with E-state index in [1.54, 1.807) is 0 Å². The van der Waals surface area contributed by atoms with E-state index in [4.69, 9.17) is 9.97 Å². The number of hydrogen-bond donors (Lipinski definition) is 1. The van der Waals surface area contributed by atoms with Crippen molar-refractivity contribution in [1.82, 2.24) is 19.1 Å². The largest absolute Gasteiger partial charge is 0.346 e. The Hall–Kier alpha value is -3.47. The number of nitrogens with one attached hydrogen (secondary N) is 1. The maximum Gasteiger partial charge on any atom is 0.0725 e. The van der Waals surface area contributed by atoms with E-state index in [1.807, 2.05) is 0 Å². The lowest BCUT2D eigenvalue weighted by Gasteiger charge is -2.15. The van der Waals surface area contributed by atoms with Gasteiger partial charge < -0.3 is 14.5 Å². The third-order valence-electron chi connectivity index (χ3n) is 9.62. The molecule has 0 spiro atoms. The predicted molar refractivity (Wildman–Crippen MR) is 180 cm³/mol. The van der Waals surface area contributed by atoms with E-state index in [0.29, 0.717) is 5.71 Å². The zero-order valence-corrected chi connectivity index (χ0v) is 27.3. The standard InChI is InChI=1S/C37H49N5/c1-10-24-27(13-4)37-30(16-7)35-26(12-3)25(11-2)34(40-35)29(15-6)36-28(14-5)33(38)32(41(36)9)21-23-19-18-22(39-23)20-31(24)42(37)17-8/h18-21,28,38H,10-17H2,1-9H3. The molecule has 0 fully saturated rings. The van der Waals surface area contributed by atoms with Crippen LogP contribution in [-0.4, -0.2) is 24.8 Å². The topological polar surface area (TPSA) is 59.5 Å². The molecule has 1 atom stereocenters. The zero-order chi connectivity index (χ0) is 30.3. The van der Waals surface area contributed by atoms with Crippen molar-refractivity contribution in [2.45, 2.75) is 113 Å². The Balaban J connectivity index is 2.15. The molecule has 0 saturated carbocycles. The van der Waals surface area contributed by atoms with Crippen molar-refractivity contribution in [1.29, 1.82) is 5.41 Å². The van der Waals surface area contributed by atoms with Gasteiger partial charge in [-0.25, -0.2) is 9.97 Å². The van der Waals surface area contributed by atoms with Crippen molar-refractivity contribution in [3.63, 3.8) is 0 Å². The van der Waals surface area contributed by atoms with Gasteiger partial charge in [-0.1, -0.05) is 48.5 Å².